The van der Waals surface area contributed by atoms with Crippen molar-refractivity contribution < 1.29 is 13.2 Å². The zero-order valence-electron chi connectivity index (χ0n) is 17.1. The molecule has 0 spiro atoms. The van der Waals surface area contributed by atoms with Crippen LogP contribution in [0.15, 0.2) is 53.7 Å². The lowest BCUT2D eigenvalue weighted by Gasteiger charge is -2.34. The highest BCUT2D eigenvalue weighted by Crippen LogP contribution is 2.20. The minimum atomic E-state index is -3.58. The van der Waals surface area contributed by atoms with Crippen molar-refractivity contribution >= 4 is 26.8 Å². The molecule has 1 fully saturated rings. The second kappa shape index (κ2) is 8.17. The Labute approximate surface area is 176 Å². The monoisotopic (exact) mass is 427 g/mol. The van der Waals surface area contributed by atoms with Gasteiger partial charge in [0.1, 0.15) is 10.6 Å². The first-order valence-electron chi connectivity index (χ1n) is 9.83. The van der Waals surface area contributed by atoms with Crippen LogP contribution in [0.4, 0.5) is 0 Å². The van der Waals surface area contributed by atoms with E-state index in [2.05, 4.69) is 32.8 Å². The molecule has 1 aromatic carbocycles. The van der Waals surface area contributed by atoms with Gasteiger partial charge in [-0.05, 0) is 24.7 Å². The molecule has 0 unspecified atom stereocenters. The fourth-order valence-electron chi connectivity index (χ4n) is 3.82. The van der Waals surface area contributed by atoms with Crippen molar-refractivity contribution in [2.75, 3.05) is 33.2 Å². The zero-order valence-corrected chi connectivity index (χ0v) is 17.9. The Morgan fingerprint density at radius 1 is 1.13 bits per heavy atom. The molecule has 1 saturated heterocycles. The molecule has 9 heteroatoms. The van der Waals surface area contributed by atoms with E-state index in [1.165, 1.54) is 24.9 Å². The Morgan fingerprint density at radius 2 is 1.87 bits per heavy atom. The molecular weight excluding hydrogens is 402 g/mol. The third-order valence-electron chi connectivity index (χ3n) is 5.55. The minimum Gasteiger partial charge on any atom is -0.345 e. The smallest absolute Gasteiger partial charge is 0.270 e. The van der Waals surface area contributed by atoms with E-state index in [9.17, 15) is 13.2 Å². The molecule has 158 valence electrons. The van der Waals surface area contributed by atoms with Crippen molar-refractivity contribution in [3.8, 4) is 0 Å². The maximum Gasteiger partial charge on any atom is 0.270 e. The summed E-state index contributed by atoms with van der Waals surface area (Å²) in [6.07, 6.45) is 3.27. The van der Waals surface area contributed by atoms with E-state index in [1.807, 2.05) is 18.3 Å². The summed E-state index contributed by atoms with van der Waals surface area (Å²) < 4.78 is 27.9. The summed E-state index contributed by atoms with van der Waals surface area (Å²) in [6.45, 7) is 3.47. The summed E-state index contributed by atoms with van der Waals surface area (Å²) >= 11 is 0. The van der Waals surface area contributed by atoms with Gasteiger partial charge < -0.3 is 9.47 Å². The molecule has 0 saturated carbocycles. The average Bonchev–Trinajstić information content (AvgIpc) is 3.16. The van der Waals surface area contributed by atoms with Gasteiger partial charge in [-0.15, -0.1) is 0 Å². The van der Waals surface area contributed by atoms with E-state index in [4.69, 9.17) is 0 Å². The Balaban J connectivity index is 1.43. The van der Waals surface area contributed by atoms with Crippen LogP contribution < -0.4 is 4.72 Å². The summed E-state index contributed by atoms with van der Waals surface area (Å²) in [6, 6.07) is 11.6. The van der Waals surface area contributed by atoms with Gasteiger partial charge in [-0.25, -0.2) is 13.1 Å². The Morgan fingerprint density at radius 3 is 2.60 bits per heavy atom. The maximum absolute atomic E-state index is 13.0. The first kappa shape index (κ1) is 20.5. The number of hydrogen-bond acceptors (Lipinski definition) is 5. The number of piperazine rings is 1. The fraction of sp³-hybridized carbons (Fsp3) is 0.333. The third-order valence-corrected chi connectivity index (χ3v) is 6.93. The number of nitrogens with one attached hydrogen (secondary N) is 1. The van der Waals surface area contributed by atoms with Crippen molar-refractivity contribution in [2.24, 2.45) is 7.05 Å². The zero-order chi connectivity index (χ0) is 21.3. The number of amides is 1. The quantitative estimate of drug-likeness (QED) is 0.666. The fourth-order valence-corrected chi connectivity index (χ4v) is 4.62. The predicted molar refractivity (Wildman–Crippen MR) is 115 cm³/mol. The predicted octanol–water partition coefficient (Wildman–Crippen LogP) is 1.44. The van der Waals surface area contributed by atoms with Crippen molar-refractivity contribution in [1.29, 1.82) is 0 Å². The molecule has 0 radical (unpaired) electrons. The second-order valence-electron chi connectivity index (χ2n) is 7.44. The number of benzene rings is 1. The average molecular weight is 428 g/mol. The number of hydrogen-bond donors (Lipinski definition) is 1. The number of pyridine rings is 1. The van der Waals surface area contributed by atoms with Gasteiger partial charge in [0.2, 0.25) is 10.0 Å². The van der Waals surface area contributed by atoms with Gasteiger partial charge in [0.25, 0.3) is 5.91 Å². The summed E-state index contributed by atoms with van der Waals surface area (Å²) in [4.78, 5) is 21.7. The molecule has 3 aromatic rings. The van der Waals surface area contributed by atoms with Crippen molar-refractivity contribution in [2.45, 2.75) is 11.4 Å². The van der Waals surface area contributed by atoms with E-state index in [1.54, 1.807) is 16.5 Å². The van der Waals surface area contributed by atoms with Crippen LogP contribution in [0.5, 0.6) is 0 Å². The molecule has 30 heavy (non-hydrogen) atoms. The van der Waals surface area contributed by atoms with E-state index in [0.29, 0.717) is 18.8 Å². The highest BCUT2D eigenvalue weighted by molar-refractivity contribution is 7.89. The number of aromatic nitrogens is 2. The summed E-state index contributed by atoms with van der Waals surface area (Å²) in [5.74, 6) is -0.151. The van der Waals surface area contributed by atoms with Crippen molar-refractivity contribution in [1.82, 2.24) is 24.1 Å². The Bertz CT molecular complexity index is 1180. The van der Waals surface area contributed by atoms with Gasteiger partial charge in [-0.3, -0.25) is 14.7 Å². The normalized spacial score (nSPS) is 15.6. The molecule has 4 rings (SSSR count). The molecule has 8 nitrogen and oxygen atoms in total. The van der Waals surface area contributed by atoms with Gasteiger partial charge in [0, 0.05) is 57.6 Å². The van der Waals surface area contributed by atoms with Gasteiger partial charge in [0.05, 0.1) is 5.52 Å². The van der Waals surface area contributed by atoms with E-state index in [0.717, 1.165) is 30.5 Å². The molecule has 1 aliphatic heterocycles. The highest BCUT2D eigenvalue weighted by atomic mass is 32.2. The second-order valence-corrected chi connectivity index (χ2v) is 9.33. The van der Waals surface area contributed by atoms with Crippen molar-refractivity contribution in [3.63, 3.8) is 0 Å². The molecule has 0 atom stereocenters. The molecule has 0 bridgehead atoms. The first-order valence-corrected chi connectivity index (χ1v) is 11.3. The number of fused-ring (bicyclic) bond motifs is 1. The first-order chi connectivity index (χ1) is 14.4. The van der Waals surface area contributed by atoms with Gasteiger partial charge in [0.15, 0.2) is 0 Å². The standard InChI is InChI=1S/C21H25N5O3S/c1-22-30(28,29)18-13-19(24(2)15-18)21(27)26-11-9-25(10-12-26)14-17-6-3-5-16-7-4-8-23-20(16)17/h3-8,13,15,22H,9-12,14H2,1-2H3. The molecule has 3 heterocycles. The van der Waals surface area contributed by atoms with Crippen LogP contribution >= 0.6 is 0 Å². The summed E-state index contributed by atoms with van der Waals surface area (Å²) in [7, 11) is -0.539. The number of aryl methyl sites for hydroxylation is 1. The number of carbonyl (C=O) groups excluding carboxylic acids is 1. The Kier molecular flexibility index (Phi) is 5.59. The number of para-hydroxylation sites is 1. The number of sulfonamides is 1. The molecule has 2 aromatic heterocycles. The van der Waals surface area contributed by atoms with Crippen LogP contribution in [0.25, 0.3) is 10.9 Å². The molecule has 0 aliphatic carbocycles. The number of carbonyl (C=O) groups is 1. The Hall–Kier alpha value is -2.75. The SMILES string of the molecule is CNS(=O)(=O)c1cc(C(=O)N2CCN(Cc3cccc4cccnc34)CC2)n(C)c1. The van der Waals surface area contributed by atoms with Gasteiger partial charge in [-0.2, -0.15) is 0 Å². The van der Waals surface area contributed by atoms with E-state index in [-0.39, 0.29) is 10.8 Å². The molecular formula is C21H25N5O3S. The van der Waals surface area contributed by atoms with Crippen LogP contribution in [0.3, 0.4) is 0 Å². The third kappa shape index (κ3) is 3.96. The lowest BCUT2D eigenvalue weighted by molar-refractivity contribution is 0.0619. The van der Waals surface area contributed by atoms with E-state index >= 15 is 0 Å². The lowest BCUT2D eigenvalue weighted by atomic mass is 10.1. The topological polar surface area (TPSA) is 87.5 Å². The minimum absolute atomic E-state index is 0.0953. The molecule has 1 aliphatic rings. The van der Waals surface area contributed by atoms with Crippen molar-refractivity contribution in [3.05, 3.63) is 60.0 Å². The van der Waals surface area contributed by atoms with Crippen LogP contribution in [-0.2, 0) is 23.6 Å². The largest absolute Gasteiger partial charge is 0.345 e. The van der Waals surface area contributed by atoms with Gasteiger partial charge >= 0.3 is 0 Å². The summed E-state index contributed by atoms with van der Waals surface area (Å²) in [5.41, 5.74) is 2.56. The van der Waals surface area contributed by atoms with Crippen LogP contribution in [0.2, 0.25) is 0 Å². The number of rotatable bonds is 5. The highest BCUT2D eigenvalue weighted by Gasteiger charge is 2.26. The van der Waals surface area contributed by atoms with Crippen LogP contribution in [0.1, 0.15) is 16.1 Å². The molecule has 1 amide bonds. The maximum atomic E-state index is 13.0. The molecule has 1 N–H and O–H groups in total. The lowest BCUT2D eigenvalue weighted by Crippen LogP contribution is -2.48. The van der Waals surface area contributed by atoms with Gasteiger partial charge in [-0.1, -0.05) is 24.3 Å². The summed E-state index contributed by atoms with van der Waals surface area (Å²) in [5, 5.41) is 1.12. The van der Waals surface area contributed by atoms with Crippen LogP contribution in [-0.4, -0.2) is 66.9 Å². The number of nitrogens with zero attached hydrogens (tertiary/aromatic N) is 4. The van der Waals surface area contributed by atoms with Crippen LogP contribution in [0, 0.1) is 0 Å². The van der Waals surface area contributed by atoms with E-state index < -0.39 is 10.0 Å².